The topological polar surface area (TPSA) is 60.8 Å². The second-order valence-electron chi connectivity index (χ2n) is 4.91. The molecule has 1 aliphatic heterocycles. The SMILES string of the molecule is O=C(O)C1(c2ccccc2)CCCN1O.c1ccccc1. The largest absolute Gasteiger partial charge is 0.480 e. The molecule has 2 aromatic rings. The number of hydroxylamine groups is 2. The third-order valence-corrected chi connectivity index (χ3v) is 3.62. The van der Waals surface area contributed by atoms with Gasteiger partial charge in [0.25, 0.3) is 0 Å². The van der Waals surface area contributed by atoms with Gasteiger partial charge in [-0.25, -0.2) is 4.79 Å². The lowest BCUT2D eigenvalue weighted by Gasteiger charge is -2.30. The van der Waals surface area contributed by atoms with Crippen LogP contribution in [-0.4, -0.2) is 27.9 Å². The molecule has 21 heavy (non-hydrogen) atoms. The van der Waals surface area contributed by atoms with Gasteiger partial charge in [-0.2, -0.15) is 5.06 Å². The van der Waals surface area contributed by atoms with E-state index >= 15 is 0 Å². The minimum Gasteiger partial charge on any atom is -0.480 e. The third kappa shape index (κ3) is 3.29. The molecular formula is C17H19NO3. The summed E-state index contributed by atoms with van der Waals surface area (Å²) < 4.78 is 0. The Morgan fingerprint density at radius 2 is 1.43 bits per heavy atom. The van der Waals surface area contributed by atoms with Crippen molar-refractivity contribution in [1.29, 1.82) is 0 Å². The first-order valence-corrected chi connectivity index (χ1v) is 6.93. The first-order chi connectivity index (χ1) is 10.2. The van der Waals surface area contributed by atoms with Gasteiger partial charge in [-0.05, 0) is 18.4 Å². The van der Waals surface area contributed by atoms with Gasteiger partial charge in [-0.1, -0.05) is 66.7 Å². The van der Waals surface area contributed by atoms with E-state index in [1.165, 1.54) is 0 Å². The summed E-state index contributed by atoms with van der Waals surface area (Å²) >= 11 is 0. The highest BCUT2D eigenvalue weighted by molar-refractivity contribution is 5.81. The van der Waals surface area contributed by atoms with Crippen LogP contribution in [0.15, 0.2) is 66.7 Å². The zero-order chi connectivity index (χ0) is 15.1. The van der Waals surface area contributed by atoms with Crippen molar-refractivity contribution in [2.75, 3.05) is 6.54 Å². The van der Waals surface area contributed by atoms with Crippen molar-refractivity contribution >= 4 is 5.97 Å². The average molecular weight is 285 g/mol. The highest BCUT2D eigenvalue weighted by Gasteiger charge is 2.49. The molecule has 0 bridgehead atoms. The van der Waals surface area contributed by atoms with Gasteiger partial charge in [0.05, 0.1) is 0 Å². The zero-order valence-corrected chi connectivity index (χ0v) is 11.7. The van der Waals surface area contributed by atoms with Gasteiger partial charge in [0, 0.05) is 6.54 Å². The zero-order valence-electron chi connectivity index (χ0n) is 11.7. The van der Waals surface area contributed by atoms with Crippen LogP contribution in [-0.2, 0) is 10.3 Å². The fraction of sp³-hybridized carbons (Fsp3) is 0.235. The maximum atomic E-state index is 11.3. The molecule has 1 atom stereocenters. The van der Waals surface area contributed by atoms with Gasteiger partial charge in [0.1, 0.15) is 0 Å². The molecule has 0 radical (unpaired) electrons. The Morgan fingerprint density at radius 1 is 0.952 bits per heavy atom. The summed E-state index contributed by atoms with van der Waals surface area (Å²) in [7, 11) is 0. The van der Waals surface area contributed by atoms with Crippen LogP contribution in [0.2, 0.25) is 0 Å². The standard InChI is InChI=1S/C11H13NO3.C6H6/c13-10(14)11(7-4-8-12(11)15)9-5-2-1-3-6-9;1-2-4-6-5-3-1/h1-3,5-6,15H,4,7-8H2,(H,13,14);1-6H. The number of aliphatic carboxylic acids is 1. The van der Waals surface area contributed by atoms with Gasteiger partial charge in [0.2, 0.25) is 0 Å². The molecule has 0 saturated carbocycles. The monoisotopic (exact) mass is 285 g/mol. The van der Waals surface area contributed by atoms with Crippen LogP contribution in [0.4, 0.5) is 0 Å². The molecule has 1 saturated heterocycles. The van der Waals surface area contributed by atoms with E-state index in [1.807, 2.05) is 42.5 Å². The van der Waals surface area contributed by atoms with E-state index < -0.39 is 11.5 Å². The van der Waals surface area contributed by atoms with Gasteiger partial charge in [-0.3, -0.25) is 0 Å². The Bertz CT molecular complexity index is 532. The Kier molecular flexibility index (Phi) is 5.09. The van der Waals surface area contributed by atoms with Gasteiger partial charge >= 0.3 is 5.97 Å². The molecule has 2 N–H and O–H groups in total. The van der Waals surface area contributed by atoms with E-state index in [1.54, 1.807) is 24.3 Å². The van der Waals surface area contributed by atoms with Crippen molar-refractivity contribution in [3.8, 4) is 0 Å². The van der Waals surface area contributed by atoms with E-state index in [4.69, 9.17) is 0 Å². The quantitative estimate of drug-likeness (QED) is 0.890. The number of hydrogen-bond acceptors (Lipinski definition) is 3. The molecule has 0 spiro atoms. The lowest BCUT2D eigenvalue weighted by molar-refractivity contribution is -0.187. The maximum absolute atomic E-state index is 11.3. The number of carboxylic acids is 1. The molecule has 1 heterocycles. The molecule has 3 rings (SSSR count). The molecule has 4 nitrogen and oxygen atoms in total. The fourth-order valence-corrected chi connectivity index (χ4v) is 2.54. The summed E-state index contributed by atoms with van der Waals surface area (Å²) in [5, 5.41) is 19.9. The van der Waals surface area contributed by atoms with Gasteiger partial charge in [0.15, 0.2) is 5.54 Å². The molecule has 4 heteroatoms. The summed E-state index contributed by atoms with van der Waals surface area (Å²) in [6.45, 7) is 0.404. The van der Waals surface area contributed by atoms with Crippen LogP contribution >= 0.6 is 0 Å². The highest BCUT2D eigenvalue weighted by Crippen LogP contribution is 2.37. The molecule has 2 aromatic carbocycles. The summed E-state index contributed by atoms with van der Waals surface area (Å²) in [4.78, 5) is 11.3. The lowest BCUT2D eigenvalue weighted by Crippen LogP contribution is -2.46. The van der Waals surface area contributed by atoms with Gasteiger partial charge < -0.3 is 10.3 Å². The first kappa shape index (κ1) is 15.2. The van der Waals surface area contributed by atoms with Crippen LogP contribution in [0.25, 0.3) is 0 Å². The molecule has 110 valence electrons. The van der Waals surface area contributed by atoms with Crippen LogP contribution in [0.1, 0.15) is 18.4 Å². The minimum atomic E-state index is -1.25. The Hall–Kier alpha value is -2.17. The first-order valence-electron chi connectivity index (χ1n) is 6.93. The lowest BCUT2D eigenvalue weighted by atomic mass is 9.88. The second-order valence-corrected chi connectivity index (χ2v) is 4.91. The molecule has 1 aliphatic rings. The second kappa shape index (κ2) is 7.02. The number of rotatable bonds is 2. The smallest absolute Gasteiger partial charge is 0.331 e. The van der Waals surface area contributed by atoms with Crippen molar-refractivity contribution in [2.45, 2.75) is 18.4 Å². The van der Waals surface area contributed by atoms with E-state index in [0.29, 0.717) is 24.9 Å². The summed E-state index contributed by atoms with van der Waals surface area (Å²) in [6, 6.07) is 20.9. The summed E-state index contributed by atoms with van der Waals surface area (Å²) in [5.74, 6) is -0.992. The summed E-state index contributed by atoms with van der Waals surface area (Å²) in [5.41, 5.74) is -0.612. The highest BCUT2D eigenvalue weighted by atomic mass is 16.5. The van der Waals surface area contributed by atoms with E-state index in [0.717, 1.165) is 5.06 Å². The molecule has 0 aromatic heterocycles. The van der Waals surface area contributed by atoms with Crippen LogP contribution in [0.5, 0.6) is 0 Å². The van der Waals surface area contributed by atoms with Crippen molar-refractivity contribution in [3.05, 3.63) is 72.3 Å². The maximum Gasteiger partial charge on any atom is 0.331 e. The van der Waals surface area contributed by atoms with Crippen LogP contribution < -0.4 is 0 Å². The average Bonchev–Trinajstić information content (AvgIpc) is 2.93. The number of carbonyl (C=O) groups is 1. The predicted molar refractivity (Wildman–Crippen MR) is 79.9 cm³/mol. The minimum absolute atomic E-state index is 0.404. The Labute approximate surface area is 124 Å². The van der Waals surface area contributed by atoms with E-state index in [2.05, 4.69) is 0 Å². The normalized spacial score (nSPS) is 21.4. The fourth-order valence-electron chi connectivity index (χ4n) is 2.54. The van der Waals surface area contributed by atoms with Crippen molar-refractivity contribution in [2.24, 2.45) is 0 Å². The van der Waals surface area contributed by atoms with Crippen molar-refractivity contribution in [3.63, 3.8) is 0 Å². The number of carboxylic acid groups (broad SMARTS) is 1. The van der Waals surface area contributed by atoms with Crippen LogP contribution in [0, 0.1) is 0 Å². The number of benzene rings is 2. The molecular weight excluding hydrogens is 266 g/mol. The summed E-state index contributed by atoms with van der Waals surface area (Å²) in [6.07, 6.45) is 1.14. The number of hydrogen-bond donors (Lipinski definition) is 2. The van der Waals surface area contributed by atoms with Crippen molar-refractivity contribution in [1.82, 2.24) is 5.06 Å². The predicted octanol–water partition coefficient (Wildman–Crippen LogP) is 3.14. The molecule has 0 aliphatic carbocycles. The Balaban J connectivity index is 0.000000225. The molecule has 0 amide bonds. The Morgan fingerprint density at radius 3 is 1.81 bits per heavy atom. The van der Waals surface area contributed by atoms with Crippen LogP contribution in [0.3, 0.4) is 0 Å². The van der Waals surface area contributed by atoms with E-state index in [9.17, 15) is 15.1 Å². The molecule has 1 fully saturated rings. The van der Waals surface area contributed by atoms with Crippen molar-refractivity contribution < 1.29 is 15.1 Å². The van der Waals surface area contributed by atoms with E-state index in [-0.39, 0.29) is 0 Å². The molecule has 1 unspecified atom stereocenters. The third-order valence-electron chi connectivity index (χ3n) is 3.62. The number of nitrogens with zero attached hydrogens (tertiary/aromatic N) is 1. The van der Waals surface area contributed by atoms with Gasteiger partial charge in [-0.15, -0.1) is 0 Å².